The SMILES string of the molecule is CN1CC(NC(=O)c2cc3c(s2)-c2ccccc2N(C(=O)c2cccc(-c4cn[nH]c4C4CC4)n2)CC3)C1. The van der Waals surface area contributed by atoms with E-state index in [1.807, 2.05) is 47.4 Å². The third kappa shape index (κ3) is 4.12. The number of carbonyl (C=O) groups excluding carboxylic acids is 2. The lowest BCUT2D eigenvalue weighted by atomic mass is 10.1. The number of thiophene rings is 1. The highest BCUT2D eigenvalue weighted by Gasteiger charge is 2.31. The molecule has 38 heavy (non-hydrogen) atoms. The highest BCUT2D eigenvalue weighted by molar-refractivity contribution is 7.17. The third-order valence-electron chi connectivity index (χ3n) is 7.62. The van der Waals surface area contributed by atoms with Gasteiger partial charge >= 0.3 is 0 Å². The normalized spacial score (nSPS) is 17.3. The molecule has 8 nitrogen and oxygen atoms in total. The smallest absolute Gasteiger partial charge is 0.276 e. The molecule has 2 amide bonds. The van der Waals surface area contributed by atoms with E-state index in [0.29, 0.717) is 24.6 Å². The average molecular weight is 525 g/mol. The molecule has 4 aromatic rings. The lowest BCUT2D eigenvalue weighted by Gasteiger charge is -2.36. The summed E-state index contributed by atoms with van der Waals surface area (Å²) in [6.45, 7) is 2.28. The lowest BCUT2D eigenvalue weighted by Crippen LogP contribution is -2.57. The van der Waals surface area contributed by atoms with Crippen molar-refractivity contribution < 1.29 is 9.59 Å². The Morgan fingerprint density at radius 1 is 1.08 bits per heavy atom. The molecule has 3 aromatic heterocycles. The number of rotatable bonds is 5. The number of amides is 2. The summed E-state index contributed by atoms with van der Waals surface area (Å²) in [7, 11) is 2.05. The molecule has 1 saturated carbocycles. The Balaban J connectivity index is 1.18. The van der Waals surface area contributed by atoms with Crippen molar-refractivity contribution in [3.05, 3.63) is 76.6 Å². The van der Waals surface area contributed by atoms with Crippen molar-refractivity contribution in [3.8, 4) is 21.7 Å². The zero-order valence-corrected chi connectivity index (χ0v) is 21.9. The second kappa shape index (κ2) is 9.18. The monoisotopic (exact) mass is 524 g/mol. The van der Waals surface area contributed by atoms with Crippen molar-refractivity contribution in [2.75, 3.05) is 31.6 Å². The maximum Gasteiger partial charge on any atom is 0.276 e. The van der Waals surface area contributed by atoms with Crippen molar-refractivity contribution in [1.29, 1.82) is 0 Å². The molecule has 0 atom stereocenters. The Morgan fingerprint density at radius 3 is 2.74 bits per heavy atom. The van der Waals surface area contributed by atoms with Crippen molar-refractivity contribution in [3.63, 3.8) is 0 Å². The fourth-order valence-electron chi connectivity index (χ4n) is 5.49. The topological polar surface area (TPSA) is 94.2 Å². The Morgan fingerprint density at radius 2 is 1.92 bits per heavy atom. The molecule has 1 saturated heterocycles. The van der Waals surface area contributed by atoms with Crippen molar-refractivity contribution in [2.45, 2.75) is 31.2 Å². The largest absolute Gasteiger partial charge is 0.346 e. The van der Waals surface area contributed by atoms with Gasteiger partial charge in [0.2, 0.25) is 0 Å². The number of aromatic amines is 1. The number of nitrogens with one attached hydrogen (secondary N) is 2. The van der Waals surface area contributed by atoms with Gasteiger partial charge in [-0.05, 0) is 56.1 Å². The van der Waals surface area contributed by atoms with Gasteiger partial charge in [-0.2, -0.15) is 5.10 Å². The number of nitrogens with zero attached hydrogens (tertiary/aromatic N) is 4. The minimum Gasteiger partial charge on any atom is -0.346 e. The van der Waals surface area contributed by atoms with Gasteiger partial charge in [0.1, 0.15) is 5.69 Å². The summed E-state index contributed by atoms with van der Waals surface area (Å²) < 4.78 is 0. The summed E-state index contributed by atoms with van der Waals surface area (Å²) in [6.07, 6.45) is 4.78. The van der Waals surface area contributed by atoms with Crippen molar-refractivity contribution in [2.24, 2.45) is 0 Å². The van der Waals surface area contributed by atoms with E-state index in [4.69, 9.17) is 4.98 Å². The van der Waals surface area contributed by atoms with E-state index in [9.17, 15) is 9.59 Å². The summed E-state index contributed by atoms with van der Waals surface area (Å²) in [5, 5.41) is 10.5. The molecular formula is C29H28N6O2S. The second-order valence-corrected chi connectivity index (χ2v) is 11.5. The Hall–Kier alpha value is -3.82. The Bertz CT molecular complexity index is 1550. The van der Waals surface area contributed by atoms with Crippen LogP contribution in [0.1, 0.15) is 50.2 Å². The molecule has 1 aliphatic carbocycles. The molecule has 7 rings (SSSR count). The van der Waals surface area contributed by atoms with E-state index in [1.54, 1.807) is 12.3 Å². The first kappa shape index (κ1) is 23.3. The summed E-state index contributed by atoms with van der Waals surface area (Å²) in [4.78, 5) is 37.4. The van der Waals surface area contributed by atoms with Crippen LogP contribution in [0.5, 0.6) is 0 Å². The van der Waals surface area contributed by atoms with E-state index >= 15 is 0 Å². The Labute approximate surface area is 224 Å². The number of hydrogen-bond donors (Lipinski definition) is 2. The summed E-state index contributed by atoms with van der Waals surface area (Å²) in [6, 6.07) is 15.8. The predicted molar refractivity (Wildman–Crippen MR) is 148 cm³/mol. The van der Waals surface area contributed by atoms with Gasteiger partial charge < -0.3 is 15.1 Å². The zero-order valence-electron chi connectivity index (χ0n) is 21.1. The van der Waals surface area contributed by atoms with E-state index in [1.165, 1.54) is 11.3 Å². The van der Waals surface area contributed by atoms with E-state index in [2.05, 4.69) is 27.5 Å². The number of hydrogen-bond acceptors (Lipinski definition) is 6. The maximum absolute atomic E-state index is 13.9. The average Bonchev–Trinajstić information content (AvgIpc) is 3.52. The quantitative estimate of drug-likeness (QED) is 0.406. The van der Waals surface area contributed by atoms with E-state index in [0.717, 1.165) is 69.5 Å². The number of pyridine rings is 1. The molecule has 0 radical (unpaired) electrons. The van der Waals surface area contributed by atoms with Crippen LogP contribution < -0.4 is 10.2 Å². The van der Waals surface area contributed by atoms with Crippen LogP contribution in [0.15, 0.2) is 54.7 Å². The second-order valence-electron chi connectivity index (χ2n) is 10.5. The number of benzene rings is 1. The third-order valence-corrected chi connectivity index (χ3v) is 8.83. The van der Waals surface area contributed by atoms with Crippen LogP contribution >= 0.6 is 11.3 Å². The maximum atomic E-state index is 13.9. The number of H-pyrrole nitrogens is 1. The van der Waals surface area contributed by atoms with Crippen LogP contribution in [0.2, 0.25) is 0 Å². The molecular weight excluding hydrogens is 496 g/mol. The van der Waals surface area contributed by atoms with Gasteiger partial charge in [-0.3, -0.25) is 14.7 Å². The Kier molecular flexibility index (Phi) is 5.63. The molecule has 2 aliphatic heterocycles. The number of carbonyl (C=O) groups is 2. The van der Waals surface area contributed by atoms with Crippen molar-refractivity contribution in [1.82, 2.24) is 25.4 Å². The number of fused-ring (bicyclic) bond motifs is 3. The number of likely N-dealkylation sites (tertiary alicyclic amines) is 1. The first-order chi connectivity index (χ1) is 18.5. The van der Waals surface area contributed by atoms with Crippen LogP contribution in [-0.4, -0.2) is 64.6 Å². The minimum atomic E-state index is -0.127. The predicted octanol–water partition coefficient (Wildman–Crippen LogP) is 4.32. The molecule has 0 spiro atoms. The van der Waals surface area contributed by atoms with Gasteiger partial charge in [0.05, 0.1) is 28.5 Å². The highest BCUT2D eigenvalue weighted by atomic mass is 32.1. The van der Waals surface area contributed by atoms with Gasteiger partial charge in [0.25, 0.3) is 11.8 Å². The van der Waals surface area contributed by atoms with Gasteiger partial charge in [-0.25, -0.2) is 4.98 Å². The van der Waals surface area contributed by atoms with E-state index in [-0.39, 0.29) is 17.9 Å². The van der Waals surface area contributed by atoms with Crippen LogP contribution in [0.3, 0.4) is 0 Å². The minimum absolute atomic E-state index is 0.0163. The summed E-state index contributed by atoms with van der Waals surface area (Å²) in [5.41, 5.74) is 6.18. The summed E-state index contributed by atoms with van der Waals surface area (Å²) in [5.74, 6) is 0.364. The number of likely N-dealkylation sites (N-methyl/N-ethyl adjacent to an activating group) is 1. The molecule has 0 unspecified atom stereocenters. The van der Waals surface area contributed by atoms with Crippen LogP contribution in [0.4, 0.5) is 5.69 Å². The van der Waals surface area contributed by atoms with E-state index < -0.39 is 0 Å². The van der Waals surface area contributed by atoms with Crippen LogP contribution in [0, 0.1) is 0 Å². The first-order valence-electron chi connectivity index (χ1n) is 13.1. The number of para-hydroxylation sites is 1. The standard InChI is InChI=1S/C29H28N6O2S/c1-34-15-19(16-34)31-28(36)25-13-18-11-12-35(24-8-3-2-5-20(24)27(18)38-25)29(37)23-7-4-6-22(32-23)21-14-30-33-26(21)17-9-10-17/h2-8,13-14,17,19H,9-12,15-16H2,1H3,(H,30,33)(H,31,36). The highest BCUT2D eigenvalue weighted by Crippen LogP contribution is 2.43. The molecule has 0 bridgehead atoms. The molecule has 192 valence electrons. The fourth-order valence-corrected chi connectivity index (χ4v) is 6.64. The molecule has 2 N–H and O–H groups in total. The zero-order chi connectivity index (χ0) is 25.8. The van der Waals surface area contributed by atoms with Crippen molar-refractivity contribution >= 4 is 28.8 Å². The first-order valence-corrected chi connectivity index (χ1v) is 13.9. The van der Waals surface area contributed by atoms with Gasteiger partial charge in [0.15, 0.2) is 0 Å². The molecule has 9 heteroatoms. The molecule has 5 heterocycles. The number of anilines is 1. The molecule has 3 aliphatic rings. The van der Waals surface area contributed by atoms with Gasteiger partial charge in [-0.1, -0.05) is 24.3 Å². The summed E-state index contributed by atoms with van der Waals surface area (Å²) >= 11 is 1.51. The van der Waals surface area contributed by atoms with Crippen LogP contribution in [-0.2, 0) is 6.42 Å². The molecule has 1 aromatic carbocycles. The lowest BCUT2D eigenvalue weighted by molar-refractivity contribution is 0.0861. The van der Waals surface area contributed by atoms with Gasteiger partial charge in [0, 0.05) is 47.3 Å². The fraction of sp³-hybridized carbons (Fsp3) is 0.310. The van der Waals surface area contributed by atoms with Crippen LogP contribution in [0.25, 0.3) is 21.7 Å². The van der Waals surface area contributed by atoms with Gasteiger partial charge in [-0.15, -0.1) is 11.3 Å². The number of aromatic nitrogens is 3. The molecule has 2 fully saturated rings.